The molecule has 1 heterocycles. The van der Waals surface area contributed by atoms with Gasteiger partial charge in [0.2, 0.25) is 0 Å². The van der Waals surface area contributed by atoms with Gasteiger partial charge in [0.15, 0.2) is 0 Å². The Labute approximate surface area is 104 Å². The molecular weight excluding hydrogens is 268 g/mol. The van der Waals surface area contributed by atoms with Gasteiger partial charge in [-0.2, -0.15) is 0 Å². The summed E-state index contributed by atoms with van der Waals surface area (Å²) in [5.41, 5.74) is 0.740. The summed E-state index contributed by atoms with van der Waals surface area (Å²) in [6, 6.07) is 7.85. The van der Waals surface area contributed by atoms with E-state index in [9.17, 15) is 4.79 Å². The monoisotopic (exact) mass is 282 g/mol. The van der Waals surface area contributed by atoms with Crippen LogP contribution in [0.5, 0.6) is 0 Å². The number of carbonyl (C=O) groups is 1. The van der Waals surface area contributed by atoms with Crippen molar-refractivity contribution in [3.8, 4) is 0 Å². The highest BCUT2D eigenvalue weighted by atomic mass is 79.9. The first-order valence-corrected chi connectivity index (χ1v) is 6.21. The maximum atomic E-state index is 12.2. The van der Waals surface area contributed by atoms with Crippen LogP contribution >= 0.6 is 15.9 Å². The van der Waals surface area contributed by atoms with Crippen LogP contribution in [0.15, 0.2) is 28.7 Å². The molecule has 2 rings (SSSR count). The van der Waals surface area contributed by atoms with E-state index in [-0.39, 0.29) is 5.91 Å². The first-order chi connectivity index (χ1) is 7.68. The number of rotatable bonds is 2. The second-order valence-corrected chi connectivity index (χ2v) is 4.99. The molecule has 0 aliphatic carbocycles. The van der Waals surface area contributed by atoms with Gasteiger partial charge >= 0.3 is 0 Å². The van der Waals surface area contributed by atoms with E-state index in [1.165, 1.54) is 0 Å². The summed E-state index contributed by atoms with van der Waals surface area (Å²) in [7, 11) is 1.88. The van der Waals surface area contributed by atoms with E-state index in [1.54, 1.807) is 0 Å². The second kappa shape index (κ2) is 4.97. The fourth-order valence-electron chi connectivity index (χ4n) is 1.96. The topological polar surface area (TPSA) is 32.3 Å². The van der Waals surface area contributed by atoms with Gasteiger partial charge in [-0.3, -0.25) is 4.79 Å². The lowest BCUT2D eigenvalue weighted by Crippen LogP contribution is -2.38. The van der Waals surface area contributed by atoms with E-state index >= 15 is 0 Å². The molecule has 1 fully saturated rings. The largest absolute Gasteiger partial charge is 0.337 e. The minimum Gasteiger partial charge on any atom is -0.337 e. The molecule has 0 spiro atoms. The van der Waals surface area contributed by atoms with Crippen molar-refractivity contribution >= 4 is 21.8 Å². The van der Waals surface area contributed by atoms with E-state index in [0.29, 0.717) is 6.04 Å². The summed E-state index contributed by atoms with van der Waals surface area (Å²) in [5.74, 6) is 0.0926. The highest BCUT2D eigenvalue weighted by Crippen LogP contribution is 2.15. The van der Waals surface area contributed by atoms with Crippen molar-refractivity contribution in [1.82, 2.24) is 10.2 Å². The molecule has 16 heavy (non-hydrogen) atoms. The van der Waals surface area contributed by atoms with E-state index in [1.807, 2.05) is 36.2 Å². The Morgan fingerprint density at radius 3 is 3.00 bits per heavy atom. The molecule has 1 N–H and O–H groups in total. The Bertz CT molecular complexity index is 388. The lowest BCUT2D eigenvalue weighted by atomic mass is 10.1. The van der Waals surface area contributed by atoms with Crippen LogP contribution in [-0.2, 0) is 0 Å². The van der Waals surface area contributed by atoms with Crippen molar-refractivity contribution < 1.29 is 4.79 Å². The fourth-order valence-corrected chi connectivity index (χ4v) is 2.36. The van der Waals surface area contributed by atoms with Gasteiger partial charge in [0.25, 0.3) is 5.91 Å². The van der Waals surface area contributed by atoms with Crippen molar-refractivity contribution in [3.63, 3.8) is 0 Å². The van der Waals surface area contributed by atoms with E-state index < -0.39 is 0 Å². The van der Waals surface area contributed by atoms with Crippen LogP contribution in [0.25, 0.3) is 0 Å². The number of carbonyl (C=O) groups excluding carboxylic acids is 1. The zero-order valence-electron chi connectivity index (χ0n) is 9.24. The van der Waals surface area contributed by atoms with E-state index in [2.05, 4.69) is 21.2 Å². The van der Waals surface area contributed by atoms with Gasteiger partial charge < -0.3 is 10.2 Å². The third-order valence-corrected chi connectivity index (χ3v) is 3.47. The maximum Gasteiger partial charge on any atom is 0.253 e. The number of hydrogen-bond donors (Lipinski definition) is 1. The average Bonchev–Trinajstić information content (AvgIpc) is 2.80. The summed E-state index contributed by atoms with van der Waals surface area (Å²) in [6.45, 7) is 1.90. The number of amides is 1. The normalized spacial score (nSPS) is 19.8. The molecule has 1 amide bonds. The SMILES string of the molecule is CN(C(=O)c1cccc(Br)c1)C1CCNC1. The van der Waals surface area contributed by atoms with Gasteiger partial charge in [0.05, 0.1) is 0 Å². The number of likely N-dealkylation sites (N-methyl/N-ethyl adjacent to an activating group) is 1. The fraction of sp³-hybridized carbons (Fsp3) is 0.417. The molecule has 4 heteroatoms. The van der Waals surface area contributed by atoms with Gasteiger partial charge in [-0.1, -0.05) is 22.0 Å². The van der Waals surface area contributed by atoms with Crippen LogP contribution in [0.4, 0.5) is 0 Å². The summed E-state index contributed by atoms with van der Waals surface area (Å²) in [4.78, 5) is 14.0. The molecule has 0 radical (unpaired) electrons. The molecule has 1 aliphatic rings. The minimum absolute atomic E-state index is 0.0926. The molecule has 1 saturated heterocycles. The van der Waals surface area contributed by atoms with Crippen molar-refractivity contribution in [2.45, 2.75) is 12.5 Å². The number of benzene rings is 1. The Kier molecular flexibility index (Phi) is 3.61. The molecule has 0 aromatic heterocycles. The maximum absolute atomic E-state index is 12.2. The molecule has 0 bridgehead atoms. The van der Waals surface area contributed by atoms with Gasteiger partial charge in [-0.25, -0.2) is 0 Å². The molecule has 1 unspecified atom stereocenters. The van der Waals surface area contributed by atoms with Crippen LogP contribution in [0.2, 0.25) is 0 Å². The predicted octanol–water partition coefficient (Wildman–Crippen LogP) is 1.88. The van der Waals surface area contributed by atoms with E-state index in [0.717, 1.165) is 29.5 Å². The average molecular weight is 283 g/mol. The number of nitrogens with zero attached hydrogens (tertiary/aromatic N) is 1. The number of nitrogens with one attached hydrogen (secondary N) is 1. The lowest BCUT2D eigenvalue weighted by molar-refractivity contribution is 0.0743. The Balaban J connectivity index is 2.12. The smallest absolute Gasteiger partial charge is 0.253 e. The van der Waals surface area contributed by atoms with Gasteiger partial charge in [0, 0.05) is 29.7 Å². The van der Waals surface area contributed by atoms with Crippen molar-refractivity contribution in [2.24, 2.45) is 0 Å². The molecule has 0 saturated carbocycles. The quantitative estimate of drug-likeness (QED) is 0.899. The molecule has 1 atom stereocenters. The molecule has 1 aromatic carbocycles. The second-order valence-electron chi connectivity index (χ2n) is 4.07. The summed E-state index contributed by atoms with van der Waals surface area (Å²) >= 11 is 3.38. The van der Waals surface area contributed by atoms with Crippen LogP contribution in [-0.4, -0.2) is 37.0 Å². The van der Waals surface area contributed by atoms with Crippen molar-refractivity contribution in [1.29, 1.82) is 0 Å². The zero-order chi connectivity index (χ0) is 11.5. The highest BCUT2D eigenvalue weighted by Gasteiger charge is 2.23. The summed E-state index contributed by atoms with van der Waals surface area (Å²) in [6.07, 6.45) is 1.04. The zero-order valence-corrected chi connectivity index (χ0v) is 10.8. The molecular formula is C12H15BrN2O. The molecule has 3 nitrogen and oxygen atoms in total. The molecule has 86 valence electrons. The predicted molar refractivity (Wildman–Crippen MR) is 67.5 cm³/mol. The Morgan fingerprint density at radius 1 is 1.56 bits per heavy atom. The number of halogens is 1. The van der Waals surface area contributed by atoms with Crippen LogP contribution in [0.1, 0.15) is 16.8 Å². The van der Waals surface area contributed by atoms with Gasteiger partial charge in [0.1, 0.15) is 0 Å². The summed E-state index contributed by atoms with van der Waals surface area (Å²) in [5, 5.41) is 3.27. The Morgan fingerprint density at radius 2 is 2.38 bits per heavy atom. The standard InChI is InChI=1S/C12H15BrN2O/c1-15(11-5-6-14-8-11)12(16)9-3-2-4-10(13)7-9/h2-4,7,11,14H,5-6,8H2,1H3. The number of hydrogen-bond acceptors (Lipinski definition) is 2. The molecule has 1 aromatic rings. The lowest BCUT2D eigenvalue weighted by Gasteiger charge is -2.23. The third kappa shape index (κ3) is 2.44. The van der Waals surface area contributed by atoms with Crippen LogP contribution in [0.3, 0.4) is 0 Å². The van der Waals surface area contributed by atoms with E-state index in [4.69, 9.17) is 0 Å². The van der Waals surface area contributed by atoms with Crippen molar-refractivity contribution in [2.75, 3.05) is 20.1 Å². The van der Waals surface area contributed by atoms with Crippen LogP contribution in [0, 0.1) is 0 Å². The first-order valence-electron chi connectivity index (χ1n) is 5.42. The van der Waals surface area contributed by atoms with Crippen molar-refractivity contribution in [3.05, 3.63) is 34.3 Å². The molecule has 1 aliphatic heterocycles. The first kappa shape index (κ1) is 11.6. The van der Waals surface area contributed by atoms with Crippen LogP contribution < -0.4 is 5.32 Å². The highest BCUT2D eigenvalue weighted by molar-refractivity contribution is 9.10. The summed E-state index contributed by atoms with van der Waals surface area (Å²) < 4.78 is 0.941. The van der Waals surface area contributed by atoms with Gasteiger partial charge in [-0.05, 0) is 31.2 Å². The Hall–Kier alpha value is -0.870. The minimum atomic E-state index is 0.0926. The van der Waals surface area contributed by atoms with Gasteiger partial charge in [-0.15, -0.1) is 0 Å². The third-order valence-electron chi connectivity index (χ3n) is 2.97.